The fraction of sp³-hybridized carbons (Fsp3) is 0.480. The van der Waals surface area contributed by atoms with Gasteiger partial charge in [-0.2, -0.15) is 0 Å². The minimum atomic E-state index is 0.0390. The van der Waals surface area contributed by atoms with E-state index in [0.29, 0.717) is 6.61 Å². The van der Waals surface area contributed by atoms with Crippen molar-refractivity contribution < 1.29 is 9.53 Å². The third-order valence-electron chi connectivity index (χ3n) is 7.24. The number of fused-ring (bicyclic) bond motifs is 2. The third-order valence-corrected chi connectivity index (χ3v) is 7.74. The van der Waals surface area contributed by atoms with Gasteiger partial charge in [-0.05, 0) is 61.7 Å². The molecule has 6 heteroatoms. The van der Waals surface area contributed by atoms with E-state index >= 15 is 0 Å². The number of carbonyl (C=O) groups is 1. The molecule has 1 spiro atoms. The molecular weight excluding hydrogens is 454 g/mol. The molecule has 0 radical (unpaired) electrons. The molecule has 31 heavy (non-hydrogen) atoms. The van der Waals surface area contributed by atoms with Crippen LogP contribution in [0.1, 0.15) is 24.0 Å². The average Bonchev–Trinajstić information content (AvgIpc) is 3.40. The van der Waals surface area contributed by atoms with Crippen LogP contribution >= 0.6 is 15.9 Å². The molecule has 2 unspecified atom stereocenters. The van der Waals surface area contributed by atoms with Crippen LogP contribution in [0.15, 0.2) is 46.9 Å². The standard InChI is InChI=1S/C25H30BrN3O2/c1-28-10-12-29(13-11-28)14-15-31-23-5-3-2-4-22(23)27-24(30)21-17-25(21)9-8-18-16-19(26)6-7-20(18)25/h2-7,16,21H,8-15,17H2,1H3,(H,27,30). The summed E-state index contributed by atoms with van der Waals surface area (Å²) in [4.78, 5) is 17.9. The van der Waals surface area contributed by atoms with Crippen LogP contribution in [-0.2, 0) is 16.6 Å². The average molecular weight is 484 g/mol. The lowest BCUT2D eigenvalue weighted by molar-refractivity contribution is -0.117. The predicted octanol–water partition coefficient (Wildman–Crippen LogP) is 3.92. The number of carbonyl (C=O) groups excluding carboxylic acids is 1. The molecule has 1 saturated carbocycles. The SMILES string of the molecule is CN1CCN(CCOc2ccccc2NC(=O)C2CC23CCc2cc(Br)ccc23)CC1. The zero-order chi connectivity index (χ0) is 21.4. The van der Waals surface area contributed by atoms with E-state index in [9.17, 15) is 4.79 Å². The number of nitrogens with one attached hydrogen (secondary N) is 1. The summed E-state index contributed by atoms with van der Waals surface area (Å²) in [6.07, 6.45) is 3.07. The fourth-order valence-electron chi connectivity index (χ4n) is 5.24. The van der Waals surface area contributed by atoms with E-state index in [1.807, 2.05) is 24.3 Å². The monoisotopic (exact) mass is 483 g/mol. The number of nitrogens with zero attached hydrogens (tertiary/aromatic N) is 2. The first-order valence-corrected chi connectivity index (χ1v) is 12.1. The Bertz CT molecular complexity index is 973. The molecule has 1 amide bonds. The Morgan fingerprint density at radius 3 is 2.84 bits per heavy atom. The van der Waals surface area contributed by atoms with Crippen molar-refractivity contribution >= 4 is 27.5 Å². The van der Waals surface area contributed by atoms with Gasteiger partial charge in [0, 0.05) is 48.5 Å². The largest absolute Gasteiger partial charge is 0.490 e. The Balaban J connectivity index is 1.19. The van der Waals surface area contributed by atoms with E-state index in [1.54, 1.807) is 0 Å². The van der Waals surface area contributed by atoms with Gasteiger partial charge in [0.1, 0.15) is 12.4 Å². The van der Waals surface area contributed by atoms with E-state index in [1.165, 1.54) is 11.1 Å². The second kappa shape index (κ2) is 8.57. The number of likely N-dealkylation sites (N-methyl/N-ethyl adjacent to an activating group) is 1. The molecule has 3 aliphatic rings. The van der Waals surface area contributed by atoms with Crippen LogP contribution in [0.25, 0.3) is 0 Å². The summed E-state index contributed by atoms with van der Waals surface area (Å²) in [5.74, 6) is 0.926. The van der Waals surface area contributed by atoms with Crippen LogP contribution in [-0.4, -0.2) is 62.1 Å². The van der Waals surface area contributed by atoms with Gasteiger partial charge in [-0.25, -0.2) is 0 Å². The number of ether oxygens (including phenoxy) is 1. The molecule has 0 bridgehead atoms. The molecule has 1 aliphatic heterocycles. The zero-order valence-corrected chi connectivity index (χ0v) is 19.7. The fourth-order valence-corrected chi connectivity index (χ4v) is 5.65. The van der Waals surface area contributed by atoms with Gasteiger partial charge < -0.3 is 15.0 Å². The van der Waals surface area contributed by atoms with E-state index in [-0.39, 0.29) is 17.2 Å². The molecule has 2 aromatic carbocycles. The molecule has 1 saturated heterocycles. The maximum absolute atomic E-state index is 13.1. The van der Waals surface area contributed by atoms with Gasteiger partial charge in [-0.15, -0.1) is 0 Å². The molecule has 2 aliphatic carbocycles. The molecule has 2 atom stereocenters. The molecule has 0 aromatic heterocycles. The van der Waals surface area contributed by atoms with Gasteiger partial charge in [-0.1, -0.05) is 34.1 Å². The van der Waals surface area contributed by atoms with Crippen LogP contribution in [0.5, 0.6) is 5.75 Å². The summed E-state index contributed by atoms with van der Waals surface area (Å²) in [5, 5.41) is 3.17. The highest BCUT2D eigenvalue weighted by molar-refractivity contribution is 9.10. The summed E-state index contributed by atoms with van der Waals surface area (Å²) in [7, 11) is 2.17. The summed E-state index contributed by atoms with van der Waals surface area (Å²) in [6, 6.07) is 14.3. The first-order valence-electron chi connectivity index (χ1n) is 11.3. The number of hydrogen-bond acceptors (Lipinski definition) is 4. The molecule has 2 aromatic rings. The van der Waals surface area contributed by atoms with Crippen molar-refractivity contribution in [3.05, 3.63) is 58.1 Å². The van der Waals surface area contributed by atoms with Crippen molar-refractivity contribution in [2.24, 2.45) is 5.92 Å². The molecule has 1 N–H and O–H groups in total. The van der Waals surface area contributed by atoms with Crippen molar-refractivity contribution in [1.29, 1.82) is 0 Å². The normalized spacial score (nSPS) is 25.4. The van der Waals surface area contributed by atoms with Gasteiger partial charge >= 0.3 is 0 Å². The maximum Gasteiger partial charge on any atom is 0.228 e. The van der Waals surface area contributed by atoms with E-state index in [0.717, 1.165) is 67.9 Å². The van der Waals surface area contributed by atoms with E-state index in [4.69, 9.17) is 4.74 Å². The van der Waals surface area contributed by atoms with Gasteiger partial charge in [0.2, 0.25) is 5.91 Å². The smallest absolute Gasteiger partial charge is 0.228 e. The van der Waals surface area contributed by atoms with Crippen molar-refractivity contribution in [2.75, 3.05) is 51.7 Å². The minimum absolute atomic E-state index is 0.0390. The van der Waals surface area contributed by atoms with Gasteiger partial charge in [0.05, 0.1) is 5.69 Å². The topological polar surface area (TPSA) is 44.8 Å². The first kappa shape index (κ1) is 21.0. The van der Waals surface area contributed by atoms with Crippen molar-refractivity contribution in [3.8, 4) is 5.75 Å². The van der Waals surface area contributed by atoms with Gasteiger partial charge in [0.25, 0.3) is 0 Å². The summed E-state index contributed by atoms with van der Waals surface area (Å²) in [6.45, 7) is 5.92. The molecule has 5 rings (SSSR count). The van der Waals surface area contributed by atoms with Crippen LogP contribution in [0.3, 0.4) is 0 Å². The van der Waals surface area contributed by atoms with E-state index < -0.39 is 0 Å². The highest BCUT2D eigenvalue weighted by Gasteiger charge is 2.61. The summed E-state index contributed by atoms with van der Waals surface area (Å²) >= 11 is 3.57. The minimum Gasteiger partial charge on any atom is -0.490 e. The number of para-hydroxylation sites is 2. The van der Waals surface area contributed by atoms with Crippen LogP contribution < -0.4 is 10.1 Å². The van der Waals surface area contributed by atoms with E-state index in [2.05, 4.69) is 56.3 Å². The molecule has 5 nitrogen and oxygen atoms in total. The van der Waals surface area contributed by atoms with Crippen molar-refractivity contribution in [2.45, 2.75) is 24.7 Å². The number of hydrogen-bond donors (Lipinski definition) is 1. The van der Waals surface area contributed by atoms with Crippen molar-refractivity contribution in [1.82, 2.24) is 9.80 Å². The van der Waals surface area contributed by atoms with Gasteiger partial charge in [-0.3, -0.25) is 9.69 Å². The second-order valence-electron chi connectivity index (χ2n) is 9.19. The number of piperazine rings is 1. The maximum atomic E-state index is 13.1. The second-order valence-corrected chi connectivity index (χ2v) is 10.1. The zero-order valence-electron chi connectivity index (χ0n) is 18.1. The number of benzene rings is 2. The first-order chi connectivity index (χ1) is 15.0. The van der Waals surface area contributed by atoms with Crippen LogP contribution in [0, 0.1) is 5.92 Å². The number of aryl methyl sites for hydroxylation is 1. The molecule has 2 fully saturated rings. The summed E-state index contributed by atoms with van der Waals surface area (Å²) < 4.78 is 7.20. The predicted molar refractivity (Wildman–Crippen MR) is 127 cm³/mol. The number of anilines is 1. The highest BCUT2D eigenvalue weighted by Crippen LogP contribution is 2.62. The molecule has 164 valence electrons. The lowest BCUT2D eigenvalue weighted by Gasteiger charge is -2.32. The Hall–Kier alpha value is -1.89. The Morgan fingerprint density at radius 1 is 1.19 bits per heavy atom. The lowest BCUT2D eigenvalue weighted by Crippen LogP contribution is -2.45. The number of amides is 1. The third kappa shape index (κ3) is 4.26. The number of rotatable bonds is 6. The Labute approximate surface area is 192 Å². The van der Waals surface area contributed by atoms with Crippen LogP contribution in [0.4, 0.5) is 5.69 Å². The Kier molecular flexibility index (Phi) is 5.80. The summed E-state index contributed by atoms with van der Waals surface area (Å²) in [5.41, 5.74) is 3.57. The number of halogens is 1. The Morgan fingerprint density at radius 2 is 2.00 bits per heavy atom. The van der Waals surface area contributed by atoms with Crippen molar-refractivity contribution in [3.63, 3.8) is 0 Å². The van der Waals surface area contributed by atoms with Gasteiger partial charge in [0.15, 0.2) is 0 Å². The van der Waals surface area contributed by atoms with Crippen LogP contribution in [0.2, 0.25) is 0 Å². The lowest BCUT2D eigenvalue weighted by atomic mass is 9.95. The molecule has 1 heterocycles. The molecular formula is C25H30BrN3O2. The quantitative estimate of drug-likeness (QED) is 0.676. The highest BCUT2D eigenvalue weighted by atomic mass is 79.9.